The fourth-order valence-electron chi connectivity index (χ4n) is 3.27. The van der Waals surface area contributed by atoms with Crippen molar-refractivity contribution in [3.8, 4) is 5.75 Å². The average molecular weight is 357 g/mol. The number of benzene rings is 2. The number of aromatic nitrogens is 4. The molecule has 4 rings (SSSR count). The van der Waals surface area contributed by atoms with Crippen LogP contribution in [0, 0.1) is 6.92 Å². The highest BCUT2D eigenvalue weighted by Crippen LogP contribution is 2.40. The summed E-state index contributed by atoms with van der Waals surface area (Å²) < 4.78 is 31.9. The molecule has 0 amide bonds. The first-order chi connectivity index (χ1) is 12.6. The van der Waals surface area contributed by atoms with Crippen LogP contribution in [0.5, 0.6) is 5.75 Å². The summed E-state index contributed by atoms with van der Waals surface area (Å²) >= 11 is 0. The molecule has 1 aromatic heterocycles. The third-order valence-electron chi connectivity index (χ3n) is 4.52. The van der Waals surface area contributed by atoms with Crippen molar-refractivity contribution in [3.63, 3.8) is 0 Å². The van der Waals surface area contributed by atoms with Gasteiger partial charge in [-0.05, 0) is 35.4 Å². The zero-order chi connectivity index (χ0) is 18.1. The Kier molecular flexibility index (Phi) is 4.24. The number of halogens is 2. The minimum atomic E-state index is -2.89. The molecule has 0 fully saturated rings. The number of anilines is 1. The van der Waals surface area contributed by atoms with Crippen molar-refractivity contribution in [1.29, 1.82) is 0 Å². The van der Waals surface area contributed by atoms with Crippen LogP contribution in [-0.2, 0) is 0 Å². The molecular weight excluding hydrogens is 340 g/mol. The molecule has 0 bridgehead atoms. The van der Waals surface area contributed by atoms with Crippen molar-refractivity contribution in [1.82, 2.24) is 20.2 Å². The fraction of sp³-hybridized carbons (Fsp3) is 0.278. The number of nitrogens with one attached hydrogen (secondary N) is 1. The Morgan fingerprint density at radius 1 is 1.15 bits per heavy atom. The summed E-state index contributed by atoms with van der Waals surface area (Å²) in [6.45, 7) is -0.863. The lowest BCUT2D eigenvalue weighted by Crippen LogP contribution is -2.28. The number of nitrogens with zero attached hydrogens (tertiary/aromatic N) is 4. The molecule has 0 aliphatic carbocycles. The fourth-order valence-corrected chi connectivity index (χ4v) is 3.27. The zero-order valence-corrected chi connectivity index (χ0v) is 14.0. The zero-order valence-electron chi connectivity index (χ0n) is 14.0. The van der Waals surface area contributed by atoms with Crippen LogP contribution in [-0.4, -0.2) is 26.8 Å². The summed E-state index contributed by atoms with van der Waals surface area (Å²) in [5.74, 6) is 0.636. The SMILES string of the molecule is Cc1ccc(C2CC(c3ccccc3OC(F)F)n3nnnc3N2)cc1. The molecule has 0 spiro atoms. The molecule has 2 heterocycles. The van der Waals surface area contributed by atoms with Gasteiger partial charge in [-0.25, -0.2) is 4.68 Å². The Balaban J connectivity index is 1.73. The molecular formula is C18H17F2N5O. The Bertz CT molecular complexity index is 897. The van der Waals surface area contributed by atoms with Gasteiger partial charge in [-0.3, -0.25) is 0 Å². The lowest BCUT2D eigenvalue weighted by atomic mass is 9.92. The number of hydrogen-bond donors (Lipinski definition) is 1. The topological polar surface area (TPSA) is 64.9 Å². The van der Waals surface area contributed by atoms with Crippen molar-refractivity contribution >= 4 is 5.95 Å². The largest absolute Gasteiger partial charge is 0.434 e. The van der Waals surface area contributed by atoms with Gasteiger partial charge in [0.15, 0.2) is 0 Å². The first-order valence-electron chi connectivity index (χ1n) is 8.26. The minimum absolute atomic E-state index is 0.0429. The van der Waals surface area contributed by atoms with Crippen molar-refractivity contribution in [2.75, 3.05) is 5.32 Å². The average Bonchev–Trinajstić information content (AvgIpc) is 3.10. The maximum absolute atomic E-state index is 12.8. The minimum Gasteiger partial charge on any atom is -0.434 e. The number of alkyl halides is 2. The van der Waals surface area contributed by atoms with E-state index in [1.807, 2.05) is 31.2 Å². The van der Waals surface area contributed by atoms with E-state index in [2.05, 4.69) is 20.8 Å². The Morgan fingerprint density at radius 2 is 1.92 bits per heavy atom. The molecule has 1 aliphatic heterocycles. The Labute approximate surface area is 148 Å². The van der Waals surface area contributed by atoms with Crippen LogP contribution in [0.1, 0.15) is 35.2 Å². The van der Waals surface area contributed by atoms with Crippen LogP contribution in [0.15, 0.2) is 48.5 Å². The Hall–Kier alpha value is -3.03. The number of rotatable bonds is 4. The quantitative estimate of drug-likeness (QED) is 0.771. The predicted molar refractivity (Wildman–Crippen MR) is 91.2 cm³/mol. The summed E-state index contributed by atoms with van der Waals surface area (Å²) in [7, 11) is 0. The standard InChI is InChI=1S/C18H17F2N5O/c1-11-6-8-12(9-7-11)14-10-15(25-18(21-14)22-23-24-25)13-4-2-3-5-16(13)26-17(19)20/h2-9,14-15,17H,10H2,1H3,(H,21,22,24). The summed E-state index contributed by atoms with van der Waals surface area (Å²) in [5.41, 5.74) is 2.88. The molecule has 3 aromatic rings. The maximum atomic E-state index is 12.8. The third kappa shape index (κ3) is 3.10. The summed E-state index contributed by atoms with van der Waals surface area (Å²) in [6.07, 6.45) is 0.602. The normalized spacial score (nSPS) is 19.1. The smallest absolute Gasteiger partial charge is 0.387 e. The van der Waals surface area contributed by atoms with E-state index in [-0.39, 0.29) is 17.8 Å². The van der Waals surface area contributed by atoms with Crippen LogP contribution in [0.2, 0.25) is 0 Å². The first kappa shape index (κ1) is 16.4. The van der Waals surface area contributed by atoms with Gasteiger partial charge in [0.1, 0.15) is 5.75 Å². The molecule has 2 unspecified atom stereocenters. The molecule has 1 aliphatic rings. The lowest BCUT2D eigenvalue weighted by Gasteiger charge is -2.31. The van der Waals surface area contributed by atoms with Gasteiger partial charge in [-0.15, -0.1) is 0 Å². The summed E-state index contributed by atoms with van der Waals surface area (Å²) in [6, 6.07) is 14.6. The van der Waals surface area contributed by atoms with E-state index in [0.29, 0.717) is 17.9 Å². The summed E-state index contributed by atoms with van der Waals surface area (Å²) in [5, 5.41) is 15.1. The van der Waals surface area contributed by atoms with E-state index in [0.717, 1.165) is 5.56 Å². The van der Waals surface area contributed by atoms with Crippen LogP contribution in [0.3, 0.4) is 0 Å². The highest BCUT2D eigenvalue weighted by Gasteiger charge is 2.32. The molecule has 2 atom stereocenters. The number of tetrazole rings is 1. The monoisotopic (exact) mass is 357 g/mol. The molecule has 0 saturated carbocycles. The maximum Gasteiger partial charge on any atom is 0.387 e. The predicted octanol–water partition coefficient (Wildman–Crippen LogP) is 3.73. The summed E-state index contributed by atoms with van der Waals surface area (Å²) in [4.78, 5) is 0. The second kappa shape index (κ2) is 6.70. The van der Waals surface area contributed by atoms with Gasteiger partial charge in [-0.2, -0.15) is 8.78 Å². The molecule has 2 aromatic carbocycles. The van der Waals surface area contributed by atoms with Gasteiger partial charge < -0.3 is 10.1 Å². The molecule has 134 valence electrons. The molecule has 8 heteroatoms. The van der Waals surface area contributed by atoms with Crippen molar-refractivity contribution < 1.29 is 13.5 Å². The molecule has 6 nitrogen and oxygen atoms in total. The van der Waals surface area contributed by atoms with Crippen molar-refractivity contribution in [3.05, 3.63) is 65.2 Å². The highest BCUT2D eigenvalue weighted by molar-refractivity contribution is 5.42. The molecule has 1 N–H and O–H groups in total. The first-order valence-corrected chi connectivity index (χ1v) is 8.26. The van der Waals surface area contributed by atoms with Crippen LogP contribution in [0.25, 0.3) is 0 Å². The van der Waals surface area contributed by atoms with Gasteiger partial charge in [0.2, 0.25) is 5.95 Å². The van der Waals surface area contributed by atoms with E-state index in [4.69, 9.17) is 4.74 Å². The number of para-hydroxylation sites is 1. The highest BCUT2D eigenvalue weighted by atomic mass is 19.3. The van der Waals surface area contributed by atoms with Crippen LogP contribution in [0.4, 0.5) is 14.7 Å². The van der Waals surface area contributed by atoms with Gasteiger partial charge in [0.25, 0.3) is 0 Å². The van der Waals surface area contributed by atoms with Crippen molar-refractivity contribution in [2.45, 2.75) is 32.0 Å². The second-order valence-corrected chi connectivity index (χ2v) is 6.22. The van der Waals surface area contributed by atoms with Gasteiger partial charge >= 0.3 is 6.61 Å². The second-order valence-electron chi connectivity index (χ2n) is 6.22. The van der Waals surface area contributed by atoms with Gasteiger partial charge in [0.05, 0.1) is 12.1 Å². The molecule has 26 heavy (non-hydrogen) atoms. The van der Waals surface area contributed by atoms with Gasteiger partial charge in [0, 0.05) is 5.56 Å². The Morgan fingerprint density at radius 3 is 2.69 bits per heavy atom. The van der Waals surface area contributed by atoms with E-state index < -0.39 is 6.61 Å². The van der Waals surface area contributed by atoms with Crippen molar-refractivity contribution in [2.24, 2.45) is 0 Å². The third-order valence-corrected chi connectivity index (χ3v) is 4.52. The van der Waals surface area contributed by atoms with Crippen LogP contribution >= 0.6 is 0 Å². The lowest BCUT2D eigenvalue weighted by molar-refractivity contribution is -0.0507. The number of hydrogen-bond acceptors (Lipinski definition) is 5. The number of fused-ring (bicyclic) bond motifs is 1. The number of aryl methyl sites for hydroxylation is 1. The van der Waals surface area contributed by atoms with E-state index in [1.165, 1.54) is 11.6 Å². The molecule has 0 radical (unpaired) electrons. The van der Waals surface area contributed by atoms with E-state index in [9.17, 15) is 8.78 Å². The van der Waals surface area contributed by atoms with E-state index in [1.54, 1.807) is 22.9 Å². The van der Waals surface area contributed by atoms with E-state index >= 15 is 0 Å². The van der Waals surface area contributed by atoms with Crippen LogP contribution < -0.4 is 10.1 Å². The number of ether oxygens (including phenoxy) is 1. The van der Waals surface area contributed by atoms with Gasteiger partial charge in [-0.1, -0.05) is 53.1 Å². The molecule has 0 saturated heterocycles.